The topological polar surface area (TPSA) is 29.3 Å². The third kappa shape index (κ3) is 1.50. The molecule has 0 bridgehead atoms. The van der Waals surface area contributed by atoms with E-state index >= 15 is 0 Å². The highest BCUT2D eigenvalue weighted by Gasteiger charge is 2.25. The summed E-state index contributed by atoms with van der Waals surface area (Å²) in [6.45, 7) is 2.92. The van der Waals surface area contributed by atoms with Crippen molar-refractivity contribution in [2.45, 2.75) is 25.8 Å². The molecule has 0 saturated carbocycles. The molecule has 2 nitrogen and oxygen atoms in total. The number of rotatable bonds is 2. The van der Waals surface area contributed by atoms with Crippen LogP contribution in [0.25, 0.3) is 0 Å². The Morgan fingerprint density at radius 1 is 1.50 bits per heavy atom. The van der Waals surface area contributed by atoms with Crippen LogP contribution < -0.4 is 10.6 Å². The molecule has 2 heteroatoms. The lowest BCUT2D eigenvalue weighted by Gasteiger charge is -2.22. The van der Waals surface area contributed by atoms with Gasteiger partial charge in [0.25, 0.3) is 0 Å². The fourth-order valence-corrected chi connectivity index (χ4v) is 2.25. The minimum atomic E-state index is 0.608. The Morgan fingerprint density at radius 2 is 2.29 bits per heavy atom. The molecule has 0 amide bonds. The normalized spacial score (nSPS) is 19.9. The maximum Gasteiger partial charge on any atom is 0.0402 e. The summed E-state index contributed by atoms with van der Waals surface area (Å²) >= 11 is 0. The Balaban J connectivity index is 2.27. The van der Waals surface area contributed by atoms with E-state index in [-0.39, 0.29) is 0 Å². The van der Waals surface area contributed by atoms with E-state index < -0.39 is 0 Å². The summed E-state index contributed by atoms with van der Waals surface area (Å²) in [4.78, 5) is 2.37. The van der Waals surface area contributed by atoms with Gasteiger partial charge < -0.3 is 10.6 Å². The van der Waals surface area contributed by atoms with Crippen molar-refractivity contribution in [3.8, 4) is 0 Å². The molecule has 1 unspecified atom stereocenters. The molecule has 0 spiro atoms. The Kier molecular flexibility index (Phi) is 2.46. The largest absolute Gasteiger partial charge is 0.371 e. The maximum absolute atomic E-state index is 5.61. The average molecular weight is 190 g/mol. The second-order valence-corrected chi connectivity index (χ2v) is 4.18. The number of hydrogen-bond acceptors (Lipinski definition) is 2. The number of aryl methyl sites for hydroxylation is 1. The number of anilines is 1. The first kappa shape index (κ1) is 9.53. The molecule has 1 aromatic rings. The van der Waals surface area contributed by atoms with E-state index in [0.717, 1.165) is 19.4 Å². The van der Waals surface area contributed by atoms with E-state index in [9.17, 15) is 0 Å². The van der Waals surface area contributed by atoms with Gasteiger partial charge in [0.05, 0.1) is 0 Å². The summed E-state index contributed by atoms with van der Waals surface area (Å²) in [5.41, 5.74) is 9.81. The Labute approximate surface area is 85.7 Å². The lowest BCUT2D eigenvalue weighted by Crippen LogP contribution is -2.29. The molecule has 1 aliphatic heterocycles. The van der Waals surface area contributed by atoms with Crippen molar-refractivity contribution in [2.24, 2.45) is 5.73 Å². The SMILES string of the molecule is Cc1ccc2c(c1)N(C)C(CCN)C2. The molecule has 1 atom stereocenters. The van der Waals surface area contributed by atoms with Gasteiger partial charge in [-0.3, -0.25) is 0 Å². The monoisotopic (exact) mass is 190 g/mol. The molecular weight excluding hydrogens is 172 g/mol. The molecule has 76 valence electrons. The van der Waals surface area contributed by atoms with E-state index in [0.29, 0.717) is 6.04 Å². The summed E-state index contributed by atoms with van der Waals surface area (Å²) < 4.78 is 0. The summed E-state index contributed by atoms with van der Waals surface area (Å²) in [7, 11) is 2.17. The molecule has 0 saturated heterocycles. The van der Waals surface area contributed by atoms with Crippen molar-refractivity contribution in [1.82, 2.24) is 0 Å². The first-order valence-electron chi connectivity index (χ1n) is 5.25. The Hall–Kier alpha value is -1.02. The van der Waals surface area contributed by atoms with Crippen molar-refractivity contribution in [3.63, 3.8) is 0 Å². The molecule has 0 fully saturated rings. The van der Waals surface area contributed by atoms with Gasteiger partial charge >= 0.3 is 0 Å². The van der Waals surface area contributed by atoms with Crippen molar-refractivity contribution in [3.05, 3.63) is 29.3 Å². The van der Waals surface area contributed by atoms with Gasteiger partial charge in [-0.25, -0.2) is 0 Å². The molecular formula is C12H18N2. The molecule has 14 heavy (non-hydrogen) atoms. The zero-order valence-electron chi connectivity index (χ0n) is 8.96. The van der Waals surface area contributed by atoms with E-state index in [1.54, 1.807) is 0 Å². The van der Waals surface area contributed by atoms with Crippen molar-refractivity contribution in [2.75, 3.05) is 18.5 Å². The van der Waals surface area contributed by atoms with Crippen LogP contribution in [0.3, 0.4) is 0 Å². The third-order valence-electron chi connectivity index (χ3n) is 3.12. The summed E-state index contributed by atoms with van der Waals surface area (Å²) in [6, 6.07) is 7.32. The van der Waals surface area contributed by atoms with Crippen LogP contribution in [0.4, 0.5) is 5.69 Å². The molecule has 2 N–H and O–H groups in total. The van der Waals surface area contributed by atoms with Crippen molar-refractivity contribution >= 4 is 5.69 Å². The van der Waals surface area contributed by atoms with Gasteiger partial charge in [-0.15, -0.1) is 0 Å². The molecule has 0 aliphatic carbocycles. The fraction of sp³-hybridized carbons (Fsp3) is 0.500. The molecule has 2 rings (SSSR count). The van der Waals surface area contributed by atoms with Crippen LogP contribution in [0.15, 0.2) is 18.2 Å². The van der Waals surface area contributed by atoms with Gasteiger partial charge in [-0.1, -0.05) is 12.1 Å². The van der Waals surface area contributed by atoms with Gasteiger partial charge in [0, 0.05) is 18.8 Å². The van der Waals surface area contributed by atoms with Crippen molar-refractivity contribution < 1.29 is 0 Å². The van der Waals surface area contributed by atoms with E-state index in [4.69, 9.17) is 5.73 Å². The first-order chi connectivity index (χ1) is 6.72. The smallest absolute Gasteiger partial charge is 0.0402 e. The van der Waals surface area contributed by atoms with Crippen LogP contribution in [0.5, 0.6) is 0 Å². The molecule has 0 radical (unpaired) electrons. The number of fused-ring (bicyclic) bond motifs is 1. The van der Waals surface area contributed by atoms with E-state index in [1.165, 1.54) is 16.8 Å². The minimum absolute atomic E-state index is 0.608. The summed E-state index contributed by atoms with van der Waals surface area (Å²) in [5.74, 6) is 0. The highest BCUT2D eigenvalue weighted by molar-refractivity contribution is 5.60. The zero-order chi connectivity index (χ0) is 10.1. The molecule has 0 aromatic heterocycles. The van der Waals surface area contributed by atoms with Crippen LogP contribution in [0.1, 0.15) is 17.5 Å². The van der Waals surface area contributed by atoms with Crippen LogP contribution in [0, 0.1) is 6.92 Å². The maximum atomic E-state index is 5.61. The molecule has 1 aromatic carbocycles. The van der Waals surface area contributed by atoms with Gasteiger partial charge in [-0.2, -0.15) is 0 Å². The number of likely N-dealkylation sites (N-methyl/N-ethyl adjacent to an activating group) is 1. The number of nitrogens with two attached hydrogens (primary N) is 1. The Bertz CT molecular complexity index is 333. The number of nitrogens with zero attached hydrogens (tertiary/aromatic N) is 1. The van der Waals surface area contributed by atoms with E-state index in [1.807, 2.05) is 0 Å². The molecule has 1 heterocycles. The minimum Gasteiger partial charge on any atom is -0.371 e. The predicted octanol–water partition coefficient (Wildman–Crippen LogP) is 1.70. The fourth-order valence-electron chi connectivity index (χ4n) is 2.25. The van der Waals surface area contributed by atoms with E-state index in [2.05, 4.69) is 37.1 Å². The zero-order valence-corrected chi connectivity index (χ0v) is 8.96. The highest BCUT2D eigenvalue weighted by Crippen LogP contribution is 2.32. The predicted molar refractivity (Wildman–Crippen MR) is 60.7 cm³/mol. The molecule has 1 aliphatic rings. The standard InChI is InChI=1S/C12H18N2/c1-9-3-4-10-8-11(5-6-13)14(2)12(10)7-9/h3-4,7,11H,5-6,8,13H2,1-2H3. The van der Waals surface area contributed by atoms with Gasteiger partial charge in [0.15, 0.2) is 0 Å². The van der Waals surface area contributed by atoms with Gasteiger partial charge in [-0.05, 0) is 43.5 Å². The highest BCUT2D eigenvalue weighted by atomic mass is 15.2. The second-order valence-electron chi connectivity index (χ2n) is 4.18. The number of hydrogen-bond donors (Lipinski definition) is 1. The van der Waals surface area contributed by atoms with Crippen molar-refractivity contribution in [1.29, 1.82) is 0 Å². The van der Waals surface area contributed by atoms with Crippen LogP contribution in [-0.2, 0) is 6.42 Å². The van der Waals surface area contributed by atoms with Crippen LogP contribution in [0.2, 0.25) is 0 Å². The first-order valence-corrected chi connectivity index (χ1v) is 5.25. The Morgan fingerprint density at radius 3 is 3.00 bits per heavy atom. The summed E-state index contributed by atoms with van der Waals surface area (Å²) in [5, 5.41) is 0. The average Bonchev–Trinajstić information content (AvgIpc) is 2.46. The van der Waals surface area contributed by atoms with Crippen LogP contribution in [-0.4, -0.2) is 19.6 Å². The van der Waals surface area contributed by atoms with Crippen LogP contribution >= 0.6 is 0 Å². The number of benzene rings is 1. The second kappa shape index (κ2) is 3.62. The lowest BCUT2D eigenvalue weighted by molar-refractivity contribution is 0.617. The van der Waals surface area contributed by atoms with Gasteiger partial charge in [0.2, 0.25) is 0 Å². The lowest BCUT2D eigenvalue weighted by atomic mass is 10.1. The van der Waals surface area contributed by atoms with Gasteiger partial charge in [0.1, 0.15) is 0 Å². The summed E-state index contributed by atoms with van der Waals surface area (Å²) in [6.07, 6.45) is 2.24. The third-order valence-corrected chi connectivity index (χ3v) is 3.12. The quantitative estimate of drug-likeness (QED) is 0.769.